The maximum atomic E-state index is 11.7. The van der Waals surface area contributed by atoms with Gasteiger partial charge in [0.25, 0.3) is 0 Å². The Hall–Kier alpha value is -0.570. The molecule has 0 radical (unpaired) electrons. The molecule has 0 aliphatic heterocycles. The SMILES string of the molecule is O=C(NC1CCCCCC1O)C1CCC1. The maximum Gasteiger partial charge on any atom is 0.223 e. The van der Waals surface area contributed by atoms with Gasteiger partial charge in [-0.3, -0.25) is 4.79 Å². The van der Waals surface area contributed by atoms with Crippen molar-refractivity contribution in [1.29, 1.82) is 0 Å². The highest BCUT2D eigenvalue weighted by Gasteiger charge is 2.29. The molecule has 2 aliphatic rings. The number of aliphatic hydroxyl groups is 1. The highest BCUT2D eigenvalue weighted by molar-refractivity contribution is 5.79. The van der Waals surface area contributed by atoms with Crippen molar-refractivity contribution in [2.75, 3.05) is 0 Å². The van der Waals surface area contributed by atoms with Gasteiger partial charge in [-0.1, -0.05) is 25.7 Å². The van der Waals surface area contributed by atoms with E-state index in [0.717, 1.165) is 38.5 Å². The van der Waals surface area contributed by atoms with Crippen molar-refractivity contribution in [2.24, 2.45) is 5.92 Å². The topological polar surface area (TPSA) is 49.3 Å². The lowest BCUT2D eigenvalue weighted by Gasteiger charge is -2.28. The molecule has 2 rings (SSSR count). The molecule has 1 amide bonds. The average molecular weight is 211 g/mol. The molecule has 0 spiro atoms. The molecule has 0 aromatic heterocycles. The summed E-state index contributed by atoms with van der Waals surface area (Å²) in [5.41, 5.74) is 0. The minimum absolute atomic E-state index is 0.0144. The number of amides is 1. The molecule has 3 nitrogen and oxygen atoms in total. The Kier molecular flexibility index (Phi) is 3.62. The van der Waals surface area contributed by atoms with Gasteiger partial charge < -0.3 is 10.4 Å². The van der Waals surface area contributed by atoms with Crippen molar-refractivity contribution < 1.29 is 9.90 Å². The van der Waals surface area contributed by atoms with E-state index in [2.05, 4.69) is 5.32 Å². The summed E-state index contributed by atoms with van der Waals surface area (Å²) < 4.78 is 0. The summed E-state index contributed by atoms with van der Waals surface area (Å²) in [5, 5.41) is 12.9. The van der Waals surface area contributed by atoms with Gasteiger partial charge in [-0.15, -0.1) is 0 Å². The fourth-order valence-corrected chi connectivity index (χ4v) is 2.43. The van der Waals surface area contributed by atoms with Gasteiger partial charge in [0.05, 0.1) is 12.1 Å². The summed E-state index contributed by atoms with van der Waals surface area (Å²) in [5.74, 6) is 0.410. The first-order valence-electron chi connectivity index (χ1n) is 6.26. The standard InChI is InChI=1S/C12H21NO2/c14-11-8-3-1-2-7-10(11)13-12(15)9-5-4-6-9/h9-11,14H,1-8H2,(H,13,15). The van der Waals surface area contributed by atoms with Crippen molar-refractivity contribution in [2.45, 2.75) is 63.5 Å². The largest absolute Gasteiger partial charge is 0.391 e. The molecule has 2 aliphatic carbocycles. The predicted molar refractivity (Wildman–Crippen MR) is 58.4 cm³/mol. The van der Waals surface area contributed by atoms with E-state index in [1.807, 2.05) is 0 Å². The third kappa shape index (κ3) is 2.71. The van der Waals surface area contributed by atoms with Gasteiger partial charge in [0.1, 0.15) is 0 Å². The Labute approximate surface area is 91.2 Å². The van der Waals surface area contributed by atoms with Crippen LogP contribution in [0.3, 0.4) is 0 Å². The number of rotatable bonds is 2. The summed E-state index contributed by atoms with van der Waals surface area (Å²) in [7, 11) is 0. The van der Waals surface area contributed by atoms with Crippen LogP contribution in [0.4, 0.5) is 0 Å². The zero-order valence-electron chi connectivity index (χ0n) is 9.24. The molecule has 2 N–H and O–H groups in total. The third-order valence-electron chi connectivity index (χ3n) is 3.78. The van der Waals surface area contributed by atoms with Crippen molar-refractivity contribution in [1.82, 2.24) is 5.32 Å². The number of carbonyl (C=O) groups excluding carboxylic acids is 1. The molecule has 0 saturated heterocycles. The van der Waals surface area contributed by atoms with Crippen molar-refractivity contribution in [3.05, 3.63) is 0 Å². The maximum absolute atomic E-state index is 11.7. The summed E-state index contributed by atoms with van der Waals surface area (Å²) >= 11 is 0. The van der Waals surface area contributed by atoms with Crippen LogP contribution in [0.15, 0.2) is 0 Å². The summed E-state index contributed by atoms with van der Waals surface area (Å²) in [6.07, 6.45) is 8.14. The van der Waals surface area contributed by atoms with Crippen molar-refractivity contribution in [3.63, 3.8) is 0 Å². The Morgan fingerprint density at radius 1 is 1.00 bits per heavy atom. The first-order valence-corrected chi connectivity index (χ1v) is 6.26. The Balaban J connectivity index is 1.82. The predicted octanol–water partition coefficient (Wildman–Crippen LogP) is 1.60. The Morgan fingerprint density at radius 3 is 2.40 bits per heavy atom. The van der Waals surface area contributed by atoms with Crippen LogP contribution in [0.25, 0.3) is 0 Å². The Bertz CT molecular complexity index is 226. The van der Waals surface area contributed by atoms with E-state index in [0.29, 0.717) is 0 Å². The first-order chi connectivity index (χ1) is 7.27. The molecule has 2 saturated carbocycles. The highest BCUT2D eigenvalue weighted by atomic mass is 16.3. The van der Waals surface area contributed by atoms with Crippen LogP contribution in [0.2, 0.25) is 0 Å². The smallest absolute Gasteiger partial charge is 0.223 e. The fraction of sp³-hybridized carbons (Fsp3) is 0.917. The molecule has 0 heterocycles. The monoisotopic (exact) mass is 211 g/mol. The molecule has 2 unspecified atom stereocenters. The van der Waals surface area contributed by atoms with E-state index in [1.165, 1.54) is 12.8 Å². The lowest BCUT2D eigenvalue weighted by atomic mass is 9.84. The first kappa shape index (κ1) is 10.9. The second kappa shape index (κ2) is 4.97. The lowest BCUT2D eigenvalue weighted by molar-refractivity contribution is -0.129. The molecule has 0 bridgehead atoms. The molecular weight excluding hydrogens is 190 g/mol. The van der Waals surface area contributed by atoms with Crippen LogP contribution in [0.1, 0.15) is 51.4 Å². The second-order valence-electron chi connectivity index (χ2n) is 4.95. The van der Waals surface area contributed by atoms with Crippen LogP contribution in [0.5, 0.6) is 0 Å². The van der Waals surface area contributed by atoms with Gasteiger partial charge in [-0.25, -0.2) is 0 Å². The zero-order valence-corrected chi connectivity index (χ0v) is 9.24. The molecule has 15 heavy (non-hydrogen) atoms. The normalized spacial score (nSPS) is 32.9. The van der Waals surface area contributed by atoms with Gasteiger partial charge in [-0.05, 0) is 25.7 Å². The lowest BCUT2D eigenvalue weighted by Crippen LogP contribution is -2.46. The molecule has 2 atom stereocenters. The van der Waals surface area contributed by atoms with Gasteiger partial charge in [0.2, 0.25) is 5.91 Å². The van der Waals surface area contributed by atoms with Crippen LogP contribution in [-0.2, 0) is 4.79 Å². The molecule has 86 valence electrons. The third-order valence-corrected chi connectivity index (χ3v) is 3.78. The number of aliphatic hydroxyl groups excluding tert-OH is 1. The average Bonchev–Trinajstić information content (AvgIpc) is 2.29. The highest BCUT2D eigenvalue weighted by Crippen LogP contribution is 2.27. The van der Waals surface area contributed by atoms with Crippen LogP contribution < -0.4 is 5.32 Å². The molecule has 2 fully saturated rings. The van der Waals surface area contributed by atoms with Gasteiger partial charge in [-0.2, -0.15) is 0 Å². The van der Waals surface area contributed by atoms with Crippen molar-refractivity contribution >= 4 is 5.91 Å². The van der Waals surface area contributed by atoms with Crippen LogP contribution >= 0.6 is 0 Å². The van der Waals surface area contributed by atoms with Gasteiger partial charge >= 0.3 is 0 Å². The minimum atomic E-state index is -0.323. The fourth-order valence-electron chi connectivity index (χ4n) is 2.43. The van der Waals surface area contributed by atoms with E-state index >= 15 is 0 Å². The van der Waals surface area contributed by atoms with Crippen LogP contribution in [-0.4, -0.2) is 23.2 Å². The number of nitrogens with one attached hydrogen (secondary N) is 1. The van der Waals surface area contributed by atoms with Gasteiger partial charge in [0.15, 0.2) is 0 Å². The van der Waals surface area contributed by atoms with Crippen molar-refractivity contribution in [3.8, 4) is 0 Å². The van der Waals surface area contributed by atoms with E-state index in [-0.39, 0.29) is 24.0 Å². The van der Waals surface area contributed by atoms with E-state index < -0.39 is 0 Å². The quantitative estimate of drug-likeness (QED) is 0.682. The molecule has 0 aromatic carbocycles. The van der Waals surface area contributed by atoms with E-state index in [4.69, 9.17) is 0 Å². The van der Waals surface area contributed by atoms with E-state index in [1.54, 1.807) is 0 Å². The number of hydrogen-bond acceptors (Lipinski definition) is 2. The molecule has 3 heteroatoms. The zero-order chi connectivity index (χ0) is 10.7. The summed E-state index contributed by atoms with van der Waals surface area (Å²) in [6, 6.07) is 0.0144. The molecule has 0 aromatic rings. The van der Waals surface area contributed by atoms with E-state index in [9.17, 15) is 9.90 Å². The second-order valence-corrected chi connectivity index (χ2v) is 4.95. The summed E-state index contributed by atoms with van der Waals surface area (Å²) in [4.78, 5) is 11.7. The Morgan fingerprint density at radius 2 is 1.73 bits per heavy atom. The summed E-state index contributed by atoms with van der Waals surface area (Å²) in [6.45, 7) is 0. The number of hydrogen-bond donors (Lipinski definition) is 2. The van der Waals surface area contributed by atoms with Gasteiger partial charge in [0, 0.05) is 5.92 Å². The van der Waals surface area contributed by atoms with Crippen LogP contribution in [0, 0.1) is 5.92 Å². The molecular formula is C12H21NO2. The number of carbonyl (C=O) groups is 1. The minimum Gasteiger partial charge on any atom is -0.391 e.